The van der Waals surface area contributed by atoms with Crippen LogP contribution in [0.2, 0.25) is 0 Å². The van der Waals surface area contributed by atoms with Gasteiger partial charge < -0.3 is 15.2 Å². The number of hydrogen-bond donors (Lipinski definition) is 2. The van der Waals surface area contributed by atoms with Crippen LogP contribution in [0.1, 0.15) is 13.3 Å². The van der Waals surface area contributed by atoms with E-state index in [1.807, 2.05) is 0 Å². The van der Waals surface area contributed by atoms with Gasteiger partial charge in [-0.2, -0.15) is 0 Å². The molecule has 3 heteroatoms. The predicted octanol–water partition coefficient (Wildman–Crippen LogP) is -0.00510. The minimum Gasteiger partial charge on any atom is -0.396 e. The summed E-state index contributed by atoms with van der Waals surface area (Å²) in [5.74, 6) is 0. The molecule has 0 aliphatic carbocycles. The average molecular weight is 147 g/mol. The number of aliphatic hydroxyl groups is 1. The van der Waals surface area contributed by atoms with E-state index in [9.17, 15) is 0 Å². The van der Waals surface area contributed by atoms with Crippen LogP contribution < -0.4 is 5.32 Å². The Labute approximate surface area is 62.4 Å². The fourth-order valence-corrected chi connectivity index (χ4v) is 0.590. The first-order valence-electron chi connectivity index (χ1n) is 3.81. The maximum atomic E-state index is 8.37. The maximum absolute atomic E-state index is 8.37. The summed E-state index contributed by atoms with van der Waals surface area (Å²) in [6, 6.07) is 0. The number of aliphatic hydroxyl groups excluding tert-OH is 1. The van der Waals surface area contributed by atoms with E-state index in [-0.39, 0.29) is 6.61 Å². The van der Waals surface area contributed by atoms with E-state index in [0.29, 0.717) is 6.61 Å². The summed E-state index contributed by atoms with van der Waals surface area (Å²) in [4.78, 5) is 0. The number of nitrogens with one attached hydrogen (secondary N) is 1. The minimum atomic E-state index is 0.223. The van der Waals surface area contributed by atoms with Crippen molar-refractivity contribution in [3.63, 3.8) is 0 Å². The topological polar surface area (TPSA) is 41.5 Å². The lowest BCUT2D eigenvalue weighted by Gasteiger charge is -2.02. The molecule has 2 N–H and O–H groups in total. The highest BCUT2D eigenvalue weighted by Gasteiger charge is 1.85. The summed E-state index contributed by atoms with van der Waals surface area (Å²) in [5.41, 5.74) is 0. The molecule has 0 saturated heterocycles. The standard InChI is InChI=1S/C7H17NO2/c1-2-8-4-7-10-6-3-5-9/h8-9H,2-7H2,1H3. The first-order valence-corrected chi connectivity index (χ1v) is 3.81. The highest BCUT2D eigenvalue weighted by atomic mass is 16.5. The molecule has 0 aromatic rings. The average Bonchev–Trinajstić information content (AvgIpc) is 1.97. The zero-order valence-electron chi connectivity index (χ0n) is 6.60. The molecule has 0 heterocycles. The molecule has 0 amide bonds. The van der Waals surface area contributed by atoms with Crippen LogP contribution in [-0.4, -0.2) is 38.0 Å². The van der Waals surface area contributed by atoms with Gasteiger partial charge in [0.15, 0.2) is 0 Å². The van der Waals surface area contributed by atoms with Gasteiger partial charge in [0.2, 0.25) is 0 Å². The molecule has 0 aliphatic rings. The van der Waals surface area contributed by atoms with Crippen molar-refractivity contribution in [2.45, 2.75) is 13.3 Å². The molecule has 10 heavy (non-hydrogen) atoms. The molecule has 0 spiro atoms. The fourth-order valence-electron chi connectivity index (χ4n) is 0.590. The van der Waals surface area contributed by atoms with Crippen LogP contribution >= 0.6 is 0 Å². The van der Waals surface area contributed by atoms with E-state index in [1.165, 1.54) is 0 Å². The highest BCUT2D eigenvalue weighted by Crippen LogP contribution is 1.78. The summed E-state index contributed by atoms with van der Waals surface area (Å²) < 4.78 is 5.15. The van der Waals surface area contributed by atoms with Crippen LogP contribution in [0, 0.1) is 0 Å². The normalized spacial score (nSPS) is 10.2. The van der Waals surface area contributed by atoms with Crippen LogP contribution in [0.25, 0.3) is 0 Å². The molecular weight excluding hydrogens is 130 g/mol. The lowest BCUT2D eigenvalue weighted by atomic mass is 10.5. The van der Waals surface area contributed by atoms with Crippen molar-refractivity contribution in [3.8, 4) is 0 Å². The smallest absolute Gasteiger partial charge is 0.0590 e. The maximum Gasteiger partial charge on any atom is 0.0590 e. The number of hydrogen-bond acceptors (Lipinski definition) is 3. The summed E-state index contributed by atoms with van der Waals surface area (Å²) in [5, 5.41) is 11.5. The monoisotopic (exact) mass is 147 g/mol. The van der Waals surface area contributed by atoms with Gasteiger partial charge in [0, 0.05) is 19.8 Å². The summed E-state index contributed by atoms with van der Waals surface area (Å²) >= 11 is 0. The number of rotatable bonds is 7. The molecule has 62 valence electrons. The Hall–Kier alpha value is -0.120. The van der Waals surface area contributed by atoms with Crippen molar-refractivity contribution >= 4 is 0 Å². The second-order valence-electron chi connectivity index (χ2n) is 2.04. The molecular formula is C7H17NO2. The molecule has 0 atom stereocenters. The third kappa shape index (κ3) is 7.88. The van der Waals surface area contributed by atoms with Crippen molar-refractivity contribution in [1.29, 1.82) is 0 Å². The van der Waals surface area contributed by atoms with Crippen LogP contribution in [-0.2, 0) is 4.74 Å². The first-order chi connectivity index (χ1) is 4.91. The van der Waals surface area contributed by atoms with Gasteiger partial charge in [-0.05, 0) is 13.0 Å². The van der Waals surface area contributed by atoms with Gasteiger partial charge in [-0.1, -0.05) is 6.92 Å². The molecule has 0 rings (SSSR count). The van der Waals surface area contributed by atoms with Crippen molar-refractivity contribution in [2.24, 2.45) is 0 Å². The van der Waals surface area contributed by atoms with Crippen molar-refractivity contribution in [2.75, 3.05) is 32.9 Å². The Kier molecular flexibility index (Phi) is 8.77. The Bertz CT molecular complexity index is 51.6. The van der Waals surface area contributed by atoms with Crippen LogP contribution in [0.3, 0.4) is 0 Å². The van der Waals surface area contributed by atoms with Crippen molar-refractivity contribution < 1.29 is 9.84 Å². The van der Waals surface area contributed by atoms with Crippen molar-refractivity contribution in [1.82, 2.24) is 5.32 Å². The number of likely N-dealkylation sites (N-methyl/N-ethyl adjacent to an activating group) is 1. The molecule has 0 aliphatic heterocycles. The summed E-state index contributed by atoms with van der Waals surface area (Å²) in [7, 11) is 0. The largest absolute Gasteiger partial charge is 0.396 e. The minimum absolute atomic E-state index is 0.223. The van der Waals surface area contributed by atoms with Gasteiger partial charge in [-0.25, -0.2) is 0 Å². The third-order valence-electron chi connectivity index (χ3n) is 1.12. The molecule has 0 radical (unpaired) electrons. The second kappa shape index (κ2) is 8.88. The fraction of sp³-hybridized carbons (Fsp3) is 1.00. The second-order valence-corrected chi connectivity index (χ2v) is 2.04. The Morgan fingerprint density at radius 2 is 2.20 bits per heavy atom. The van der Waals surface area contributed by atoms with E-state index < -0.39 is 0 Å². The molecule has 0 saturated carbocycles. The van der Waals surface area contributed by atoms with Crippen LogP contribution in [0.4, 0.5) is 0 Å². The van der Waals surface area contributed by atoms with Gasteiger partial charge in [0.05, 0.1) is 6.61 Å². The SMILES string of the molecule is CCNCCOCCCO. The van der Waals surface area contributed by atoms with Crippen molar-refractivity contribution in [3.05, 3.63) is 0 Å². The third-order valence-corrected chi connectivity index (χ3v) is 1.12. The van der Waals surface area contributed by atoms with E-state index in [0.717, 1.165) is 26.1 Å². The summed E-state index contributed by atoms with van der Waals surface area (Å²) in [6.07, 6.45) is 0.742. The van der Waals surface area contributed by atoms with Crippen LogP contribution in [0.5, 0.6) is 0 Å². The first kappa shape index (κ1) is 9.88. The molecule has 0 fully saturated rings. The Morgan fingerprint density at radius 1 is 1.40 bits per heavy atom. The van der Waals surface area contributed by atoms with Crippen LogP contribution in [0.15, 0.2) is 0 Å². The van der Waals surface area contributed by atoms with Gasteiger partial charge in [0.1, 0.15) is 0 Å². The Morgan fingerprint density at radius 3 is 2.80 bits per heavy atom. The zero-order valence-corrected chi connectivity index (χ0v) is 6.60. The zero-order chi connectivity index (χ0) is 7.66. The van der Waals surface area contributed by atoms with Gasteiger partial charge in [0.25, 0.3) is 0 Å². The van der Waals surface area contributed by atoms with Gasteiger partial charge in [-0.15, -0.1) is 0 Å². The molecule has 0 unspecified atom stereocenters. The molecule has 0 aromatic carbocycles. The van der Waals surface area contributed by atoms with E-state index in [1.54, 1.807) is 0 Å². The quantitative estimate of drug-likeness (QED) is 0.498. The molecule has 0 aromatic heterocycles. The van der Waals surface area contributed by atoms with E-state index >= 15 is 0 Å². The Balaban J connectivity index is 2.65. The molecule has 3 nitrogen and oxygen atoms in total. The predicted molar refractivity (Wildman–Crippen MR) is 41.1 cm³/mol. The summed E-state index contributed by atoms with van der Waals surface area (Å²) in [6.45, 7) is 5.59. The molecule has 0 bridgehead atoms. The van der Waals surface area contributed by atoms with Gasteiger partial charge >= 0.3 is 0 Å². The van der Waals surface area contributed by atoms with E-state index in [4.69, 9.17) is 9.84 Å². The van der Waals surface area contributed by atoms with E-state index in [2.05, 4.69) is 12.2 Å². The lowest BCUT2D eigenvalue weighted by molar-refractivity contribution is 0.118. The van der Waals surface area contributed by atoms with Gasteiger partial charge in [-0.3, -0.25) is 0 Å². The lowest BCUT2D eigenvalue weighted by Crippen LogP contribution is -2.19. The highest BCUT2D eigenvalue weighted by molar-refractivity contribution is 4.40. The number of ether oxygens (including phenoxy) is 1.